The number of H-pyrrole nitrogens is 1. The second-order valence-electron chi connectivity index (χ2n) is 25.2. The van der Waals surface area contributed by atoms with E-state index in [1.54, 1.807) is 43.1 Å². The lowest BCUT2D eigenvalue weighted by molar-refractivity contribution is -0.166. The van der Waals surface area contributed by atoms with Crippen molar-refractivity contribution < 1.29 is 65.2 Å². The highest BCUT2D eigenvalue weighted by molar-refractivity contribution is 7.48. The first kappa shape index (κ1) is 76.3. The van der Waals surface area contributed by atoms with Crippen LogP contribution in [0, 0.1) is 29.6 Å². The van der Waals surface area contributed by atoms with Crippen LogP contribution in [0.4, 0.5) is 10.6 Å². The number of aryl methyl sites for hydroxylation is 1. The number of hydrogen-bond donors (Lipinski definition) is 3. The van der Waals surface area contributed by atoms with Crippen molar-refractivity contribution in [2.45, 2.75) is 128 Å². The molecular weight excluding hydrogens is 1380 g/mol. The summed E-state index contributed by atoms with van der Waals surface area (Å²) in [5, 5.41) is 25.2. The largest absolute Gasteiger partial charge is 0.497 e. The lowest BCUT2D eigenvalue weighted by atomic mass is 9.80. The van der Waals surface area contributed by atoms with Gasteiger partial charge in [0, 0.05) is 48.3 Å². The van der Waals surface area contributed by atoms with E-state index in [4.69, 9.17) is 51.0 Å². The smallest absolute Gasteiger partial charge is 0.475 e. The predicted octanol–water partition coefficient (Wildman–Crippen LogP) is 13.3. The molecule has 0 saturated carbocycles. The number of nitrogens with one attached hydrogen (secondary N) is 3. The Kier molecular flexibility index (Phi) is 25.7. The molecular formula is C76H83N11O16P2. The summed E-state index contributed by atoms with van der Waals surface area (Å²) in [5.74, 6) is 0.654. The number of aromatic amines is 1. The number of amides is 2. The van der Waals surface area contributed by atoms with Gasteiger partial charge >= 0.3 is 19.6 Å². The van der Waals surface area contributed by atoms with Crippen LogP contribution in [0.1, 0.15) is 128 Å². The number of carbonyl (C=O) groups excluding carboxylic acids is 2. The molecule has 3 aromatic heterocycles. The monoisotopic (exact) mass is 1470 g/mol. The van der Waals surface area contributed by atoms with Gasteiger partial charge < -0.3 is 43.6 Å². The van der Waals surface area contributed by atoms with Gasteiger partial charge in [-0.3, -0.25) is 41.8 Å². The van der Waals surface area contributed by atoms with Gasteiger partial charge in [0.15, 0.2) is 23.3 Å². The number of aromatic nitrogens is 6. The molecule has 548 valence electrons. The summed E-state index contributed by atoms with van der Waals surface area (Å²) in [6.45, 7) is 10.0. The Morgan fingerprint density at radius 2 is 1.40 bits per heavy atom. The molecule has 11 rings (SSSR count). The Bertz CT molecular complexity index is 4600. The molecule has 2 amide bonds. The lowest BCUT2D eigenvalue weighted by Crippen LogP contribution is -2.38. The minimum atomic E-state index is -4.97. The molecule has 0 radical (unpaired) electrons. The molecule has 4 unspecified atom stereocenters. The Balaban J connectivity index is 0.852. The van der Waals surface area contributed by atoms with E-state index in [1.807, 2.05) is 148 Å². The van der Waals surface area contributed by atoms with Crippen LogP contribution in [0.15, 0.2) is 180 Å². The maximum Gasteiger partial charge on any atom is 0.475 e. The van der Waals surface area contributed by atoms with E-state index in [9.17, 15) is 29.7 Å². The quantitative estimate of drug-likeness (QED) is 0.0144. The van der Waals surface area contributed by atoms with Gasteiger partial charge in [-0.05, 0) is 122 Å². The van der Waals surface area contributed by atoms with Gasteiger partial charge in [-0.25, -0.2) is 33.8 Å². The molecule has 1 saturated heterocycles. The van der Waals surface area contributed by atoms with Crippen LogP contribution < -0.4 is 31.4 Å². The fourth-order valence-corrected chi connectivity index (χ4v) is 15.8. The number of hydrogen-bond acceptors (Lipinski definition) is 22. The zero-order valence-electron chi connectivity index (χ0n) is 59.4. The van der Waals surface area contributed by atoms with Crippen LogP contribution >= 0.6 is 16.3 Å². The van der Waals surface area contributed by atoms with Gasteiger partial charge in [-0.2, -0.15) is 10.5 Å². The molecule has 1 fully saturated rings. The molecule has 7 atom stereocenters. The number of benzene rings is 6. The lowest BCUT2D eigenvalue weighted by Gasteiger charge is -2.38. The Morgan fingerprint density at radius 3 is 2.02 bits per heavy atom. The summed E-state index contributed by atoms with van der Waals surface area (Å²) in [6.07, 6.45) is -2.81. The molecule has 0 spiro atoms. The average molecular weight is 1470 g/mol. The highest BCUT2D eigenvalue weighted by atomic mass is 31.2. The van der Waals surface area contributed by atoms with E-state index in [0.29, 0.717) is 33.8 Å². The van der Waals surface area contributed by atoms with Crippen molar-refractivity contribution in [3.05, 3.63) is 236 Å². The zero-order valence-corrected chi connectivity index (χ0v) is 61.1. The summed E-state index contributed by atoms with van der Waals surface area (Å²) in [4.78, 5) is 69.5. The molecule has 3 N–H and O–H groups in total. The molecule has 0 bridgehead atoms. The molecule has 1 aliphatic carbocycles. The minimum Gasteiger partial charge on any atom is -0.497 e. The molecule has 29 heteroatoms. The molecule has 6 aromatic carbocycles. The van der Waals surface area contributed by atoms with Gasteiger partial charge in [0.05, 0.1) is 65.3 Å². The predicted molar refractivity (Wildman–Crippen MR) is 390 cm³/mol. The van der Waals surface area contributed by atoms with Gasteiger partial charge in [0.25, 0.3) is 20.0 Å². The third-order valence-electron chi connectivity index (χ3n) is 17.8. The summed E-state index contributed by atoms with van der Waals surface area (Å²) < 4.78 is 90.7. The van der Waals surface area contributed by atoms with Gasteiger partial charge in [0.1, 0.15) is 61.3 Å². The van der Waals surface area contributed by atoms with Crippen LogP contribution in [0.2, 0.25) is 0 Å². The molecule has 105 heavy (non-hydrogen) atoms. The third-order valence-corrected chi connectivity index (χ3v) is 21.4. The first-order chi connectivity index (χ1) is 50.9. The fraction of sp³-hybridized carbons (Fsp3) is 0.355. The number of phosphoric acid groups is 1. The summed E-state index contributed by atoms with van der Waals surface area (Å²) >= 11 is 0. The molecule has 27 nitrogen and oxygen atoms in total. The topological polar surface area (TPSA) is 326 Å². The number of fused-ring (bicyclic) bond motifs is 4. The van der Waals surface area contributed by atoms with Crippen molar-refractivity contribution in [3.63, 3.8) is 0 Å². The highest BCUT2D eigenvalue weighted by Gasteiger charge is 2.47. The zero-order chi connectivity index (χ0) is 74.2. The van der Waals surface area contributed by atoms with E-state index >= 15 is 4.57 Å². The second kappa shape index (κ2) is 35.3. The van der Waals surface area contributed by atoms with Gasteiger partial charge in [0.2, 0.25) is 0 Å². The van der Waals surface area contributed by atoms with Crippen molar-refractivity contribution in [3.8, 4) is 34.8 Å². The molecule has 1 aliphatic heterocycles. The number of phosphoric ester groups is 1. The Hall–Kier alpha value is -9.83. The molecule has 4 heterocycles. The van der Waals surface area contributed by atoms with Crippen LogP contribution in [-0.4, -0.2) is 124 Å². The van der Waals surface area contributed by atoms with E-state index < -0.39 is 89.4 Å². The number of imidazole rings is 1. The number of nitrogens with zero attached hydrogens (tertiary/aromatic N) is 8. The van der Waals surface area contributed by atoms with E-state index in [0.717, 1.165) is 22.3 Å². The van der Waals surface area contributed by atoms with E-state index in [-0.39, 0.29) is 98.2 Å². The Labute approximate surface area is 608 Å². The number of ether oxygens (including phenoxy) is 6. The van der Waals surface area contributed by atoms with Crippen molar-refractivity contribution >= 4 is 45.3 Å². The number of carbonyl (C=O) groups is 2. The third kappa shape index (κ3) is 17.9. The maximum absolute atomic E-state index is 15.8. The van der Waals surface area contributed by atoms with Crippen molar-refractivity contribution in [2.24, 2.45) is 0 Å². The summed E-state index contributed by atoms with van der Waals surface area (Å²) in [5.41, 5.74) is 5.38. The standard InChI is InChI=1S/C76H83N11O16P2/c1-9-66(86-48-82-69-70(80-47-81-71(69)86)83-73(89)53-27-25-52(26-28-53)42-79-75(91)95-44-63-61-23-15-13-21-59(61)60-22-14-16-24-62(60)63)101-68(102-104(97-39-17-37-77)87(49(2)3)50(4)5)46-99-105(92,98-40-18-38-78)103-64-41-67(85-43-51(6)72(88)84-74(85)90)100-65(64)45-96-76(54-19-11-10-12-20-54,55-29-33-57(93-7)34-30-55)56-31-35-58(94-8)36-32-56/h10-16,19-36,43,47-50,63-68H,9,17-18,39-42,44-46H2,1-8H3,(H,79,91)(H,84,88,90)(H,80,81,83,89)/t64?,65-,66?,67-,68+,104?,105?/m1/s1. The number of anilines is 1. The highest BCUT2D eigenvalue weighted by Crippen LogP contribution is 2.55. The normalized spacial score (nSPS) is 16.4. The number of methoxy groups -OCH3 is 2. The van der Waals surface area contributed by atoms with Gasteiger partial charge in [-0.15, -0.1) is 0 Å². The van der Waals surface area contributed by atoms with Crippen LogP contribution in [0.25, 0.3) is 22.3 Å². The van der Waals surface area contributed by atoms with E-state index in [2.05, 4.69) is 60.9 Å². The van der Waals surface area contributed by atoms with Crippen molar-refractivity contribution in [1.29, 1.82) is 10.5 Å². The molecule has 2 aliphatic rings. The maximum atomic E-state index is 15.8. The summed E-state index contributed by atoms with van der Waals surface area (Å²) in [7, 11) is -3.95. The SMILES string of the molecule is CCC(O[C@H](COP(=O)(OCCC#N)OC1C[C@H](n2cc(C)c(=O)[nH]c2=O)O[C@@H]1COC(c1ccccc1)(c1ccc(OC)cc1)c1ccc(OC)cc1)OP(OCCC#N)N(C(C)C)C(C)C)n1cnc2c(NC(=O)c3ccc(CNC(=O)OCC4c5ccccc5-c5ccccc54)cc3)ncnc21. The average Bonchev–Trinajstić information content (AvgIpc) is 1.46. The minimum absolute atomic E-state index is 0.0163. The van der Waals surface area contributed by atoms with Crippen LogP contribution in [0.5, 0.6) is 11.5 Å². The van der Waals surface area contributed by atoms with Crippen molar-refractivity contribution in [1.82, 2.24) is 39.1 Å². The first-order valence-corrected chi connectivity index (χ1v) is 36.9. The second-order valence-corrected chi connectivity index (χ2v) is 28.3. The molecule has 9 aromatic rings. The van der Waals surface area contributed by atoms with E-state index in [1.165, 1.54) is 30.3 Å². The van der Waals surface area contributed by atoms with Crippen molar-refractivity contribution in [2.75, 3.05) is 52.6 Å². The first-order valence-electron chi connectivity index (χ1n) is 34.4. The fourth-order valence-electron chi connectivity index (χ4n) is 12.8. The van der Waals surface area contributed by atoms with Gasteiger partial charge in [-0.1, -0.05) is 122 Å². The number of rotatable bonds is 35. The summed E-state index contributed by atoms with van der Waals surface area (Å²) in [6, 6.07) is 50.9. The number of nitriles is 2. The number of alkyl carbamates (subject to hydrolysis) is 1. The Morgan fingerprint density at radius 1 is 0.781 bits per heavy atom. The van der Waals surface area contributed by atoms with Crippen LogP contribution in [0.3, 0.4) is 0 Å². The van der Waals surface area contributed by atoms with Crippen LogP contribution in [-0.2, 0) is 58.3 Å².